The van der Waals surface area contributed by atoms with Gasteiger partial charge in [-0.05, 0) is 49.2 Å². The largest absolute Gasteiger partial charge is 0.296 e. The van der Waals surface area contributed by atoms with E-state index in [1.807, 2.05) is 34.2 Å². The molecule has 0 N–H and O–H groups in total. The monoisotopic (exact) mass is 298 g/mol. The minimum absolute atomic E-state index is 0.721. The summed E-state index contributed by atoms with van der Waals surface area (Å²) >= 11 is 1.82. The van der Waals surface area contributed by atoms with Crippen molar-refractivity contribution in [1.82, 2.24) is 19.4 Å². The van der Waals surface area contributed by atoms with Gasteiger partial charge in [-0.15, -0.1) is 11.3 Å². The fourth-order valence-corrected chi connectivity index (χ4v) is 3.28. The zero-order valence-electron chi connectivity index (χ0n) is 12.2. The van der Waals surface area contributed by atoms with Crippen LogP contribution in [0.5, 0.6) is 0 Å². The van der Waals surface area contributed by atoms with E-state index in [0.29, 0.717) is 0 Å². The van der Waals surface area contributed by atoms with Crippen LogP contribution in [0.2, 0.25) is 0 Å². The number of hydrogen-bond donors (Lipinski definition) is 0. The van der Waals surface area contributed by atoms with Crippen molar-refractivity contribution in [3.05, 3.63) is 64.4 Å². The van der Waals surface area contributed by atoms with Gasteiger partial charge in [-0.25, -0.2) is 9.97 Å². The highest BCUT2D eigenvalue weighted by Gasteiger charge is 2.10. The van der Waals surface area contributed by atoms with Crippen LogP contribution in [0.4, 0.5) is 0 Å². The lowest BCUT2D eigenvalue weighted by molar-refractivity contribution is 0.315. The van der Waals surface area contributed by atoms with E-state index in [9.17, 15) is 0 Å². The quantitative estimate of drug-likeness (QED) is 0.725. The van der Waals surface area contributed by atoms with Crippen LogP contribution in [0, 0.1) is 6.92 Å². The predicted octanol–water partition coefficient (Wildman–Crippen LogP) is 3.27. The molecular weight excluding hydrogens is 280 g/mol. The molecule has 3 heterocycles. The maximum atomic E-state index is 4.31. The summed E-state index contributed by atoms with van der Waals surface area (Å²) in [4.78, 5) is 12.4. The highest BCUT2D eigenvalue weighted by atomic mass is 32.1. The van der Waals surface area contributed by atoms with Gasteiger partial charge in [-0.2, -0.15) is 0 Å². The van der Waals surface area contributed by atoms with Gasteiger partial charge < -0.3 is 0 Å². The average molecular weight is 298 g/mol. The smallest absolute Gasteiger partial charge is 0.233 e. The van der Waals surface area contributed by atoms with Gasteiger partial charge in [0.2, 0.25) is 5.95 Å². The molecule has 3 rings (SSSR count). The number of hydrogen-bond acceptors (Lipinski definition) is 4. The molecule has 0 aliphatic rings. The highest BCUT2D eigenvalue weighted by Crippen LogP contribution is 2.18. The number of aryl methyl sites for hydroxylation is 1. The third-order valence-corrected chi connectivity index (χ3v) is 4.42. The number of aromatic nitrogens is 3. The molecule has 0 bridgehead atoms. The van der Waals surface area contributed by atoms with Crippen LogP contribution in [0.15, 0.2) is 48.2 Å². The zero-order valence-corrected chi connectivity index (χ0v) is 13.0. The fourth-order valence-electron chi connectivity index (χ4n) is 2.30. The van der Waals surface area contributed by atoms with E-state index in [-0.39, 0.29) is 0 Å². The number of nitrogens with zero attached hydrogens (tertiary/aromatic N) is 4. The van der Waals surface area contributed by atoms with E-state index >= 15 is 0 Å². The van der Waals surface area contributed by atoms with Crippen molar-refractivity contribution in [1.29, 1.82) is 0 Å². The molecule has 108 valence electrons. The van der Waals surface area contributed by atoms with Gasteiger partial charge in [-0.3, -0.25) is 9.47 Å². The first-order valence-corrected chi connectivity index (χ1v) is 7.77. The molecule has 0 saturated carbocycles. The summed E-state index contributed by atoms with van der Waals surface area (Å²) in [6, 6.07) is 8.16. The molecule has 0 aliphatic heterocycles. The number of rotatable bonds is 5. The van der Waals surface area contributed by atoms with Gasteiger partial charge in [0, 0.05) is 42.3 Å². The van der Waals surface area contributed by atoms with Crippen molar-refractivity contribution in [2.45, 2.75) is 20.0 Å². The Kier molecular flexibility index (Phi) is 4.13. The van der Waals surface area contributed by atoms with Crippen LogP contribution in [0.3, 0.4) is 0 Å². The average Bonchev–Trinajstić information content (AvgIpc) is 3.10. The van der Waals surface area contributed by atoms with Crippen molar-refractivity contribution < 1.29 is 0 Å². The lowest BCUT2D eigenvalue weighted by atomic mass is 10.3. The van der Waals surface area contributed by atoms with Crippen LogP contribution in [-0.4, -0.2) is 26.5 Å². The van der Waals surface area contributed by atoms with Crippen LogP contribution in [-0.2, 0) is 13.1 Å². The Hall–Kier alpha value is -1.98. The summed E-state index contributed by atoms with van der Waals surface area (Å²) in [5.74, 6) is 0.721. The predicted molar refractivity (Wildman–Crippen MR) is 85.6 cm³/mol. The highest BCUT2D eigenvalue weighted by molar-refractivity contribution is 7.10. The van der Waals surface area contributed by atoms with Crippen molar-refractivity contribution >= 4 is 11.3 Å². The molecule has 3 aromatic heterocycles. The Labute approximate surface area is 128 Å². The third kappa shape index (κ3) is 3.20. The second-order valence-electron chi connectivity index (χ2n) is 5.12. The molecular formula is C16H18N4S. The van der Waals surface area contributed by atoms with E-state index < -0.39 is 0 Å². The molecule has 0 aliphatic carbocycles. The Balaban J connectivity index is 1.74. The van der Waals surface area contributed by atoms with Crippen LogP contribution >= 0.6 is 11.3 Å². The van der Waals surface area contributed by atoms with Crippen molar-refractivity contribution in [2.24, 2.45) is 0 Å². The second-order valence-corrected chi connectivity index (χ2v) is 6.12. The standard InChI is InChI=1S/C16H18N4S/c1-13-6-10-21-15(13)12-19(2)11-14-5-3-9-20(14)16-17-7-4-8-18-16/h3-10H,11-12H2,1-2H3. The molecule has 5 heteroatoms. The van der Waals surface area contributed by atoms with Crippen LogP contribution in [0.1, 0.15) is 16.1 Å². The molecule has 3 aromatic rings. The van der Waals surface area contributed by atoms with Gasteiger partial charge in [0.1, 0.15) is 0 Å². The molecule has 0 unspecified atom stereocenters. The topological polar surface area (TPSA) is 34.0 Å². The van der Waals surface area contributed by atoms with E-state index in [0.717, 1.165) is 19.0 Å². The summed E-state index contributed by atoms with van der Waals surface area (Å²) < 4.78 is 2.04. The van der Waals surface area contributed by atoms with Crippen molar-refractivity contribution in [2.75, 3.05) is 7.05 Å². The normalized spacial score (nSPS) is 11.2. The summed E-state index contributed by atoms with van der Waals surface area (Å²) in [6.45, 7) is 3.99. The van der Waals surface area contributed by atoms with Gasteiger partial charge in [0.05, 0.1) is 0 Å². The SMILES string of the molecule is Cc1ccsc1CN(C)Cc1cccn1-c1ncccn1. The summed E-state index contributed by atoms with van der Waals surface area (Å²) in [6.07, 6.45) is 5.55. The maximum Gasteiger partial charge on any atom is 0.233 e. The Bertz CT molecular complexity index is 702. The Morgan fingerprint density at radius 2 is 1.95 bits per heavy atom. The van der Waals surface area contributed by atoms with Crippen molar-refractivity contribution in [3.8, 4) is 5.95 Å². The first-order valence-electron chi connectivity index (χ1n) is 6.89. The molecule has 4 nitrogen and oxygen atoms in total. The lowest BCUT2D eigenvalue weighted by Gasteiger charge is -2.17. The molecule has 0 amide bonds. The maximum absolute atomic E-state index is 4.31. The van der Waals surface area contributed by atoms with Gasteiger partial charge in [-0.1, -0.05) is 0 Å². The molecule has 21 heavy (non-hydrogen) atoms. The Morgan fingerprint density at radius 3 is 2.67 bits per heavy atom. The van der Waals surface area contributed by atoms with Gasteiger partial charge in [0.15, 0.2) is 0 Å². The van der Waals surface area contributed by atoms with E-state index in [1.165, 1.54) is 16.1 Å². The van der Waals surface area contributed by atoms with Crippen LogP contribution in [0.25, 0.3) is 5.95 Å². The molecule has 0 aromatic carbocycles. The first-order chi connectivity index (χ1) is 10.2. The van der Waals surface area contributed by atoms with Gasteiger partial charge in [0.25, 0.3) is 0 Å². The van der Waals surface area contributed by atoms with Crippen molar-refractivity contribution in [3.63, 3.8) is 0 Å². The zero-order chi connectivity index (χ0) is 14.7. The number of thiophene rings is 1. The minimum atomic E-state index is 0.721. The minimum Gasteiger partial charge on any atom is -0.296 e. The lowest BCUT2D eigenvalue weighted by Crippen LogP contribution is -2.19. The Morgan fingerprint density at radius 1 is 1.14 bits per heavy atom. The second kappa shape index (κ2) is 6.20. The molecule has 0 radical (unpaired) electrons. The third-order valence-electron chi connectivity index (χ3n) is 3.41. The van der Waals surface area contributed by atoms with E-state index in [2.05, 4.69) is 46.4 Å². The molecule has 0 saturated heterocycles. The summed E-state index contributed by atoms with van der Waals surface area (Å²) in [5, 5.41) is 2.15. The van der Waals surface area contributed by atoms with E-state index in [4.69, 9.17) is 0 Å². The van der Waals surface area contributed by atoms with Crippen LogP contribution < -0.4 is 0 Å². The summed E-state index contributed by atoms with van der Waals surface area (Å²) in [7, 11) is 2.14. The molecule has 0 fully saturated rings. The molecule has 0 atom stereocenters. The fraction of sp³-hybridized carbons (Fsp3) is 0.250. The van der Waals surface area contributed by atoms with E-state index in [1.54, 1.807) is 12.4 Å². The summed E-state index contributed by atoms with van der Waals surface area (Å²) in [5.41, 5.74) is 2.56. The first kappa shape index (κ1) is 14.0. The van der Waals surface area contributed by atoms with Gasteiger partial charge >= 0.3 is 0 Å². The molecule has 0 spiro atoms.